The van der Waals surface area contributed by atoms with E-state index in [4.69, 9.17) is 20.4 Å². The minimum atomic E-state index is -0.169. The first-order valence-electron chi connectivity index (χ1n) is 22.5. The van der Waals surface area contributed by atoms with Crippen LogP contribution in [-0.4, -0.2) is 125 Å². The Morgan fingerprint density at radius 3 is 2.24 bits per heavy atom. The summed E-state index contributed by atoms with van der Waals surface area (Å²) in [4.78, 5) is 54.4. The molecule has 350 valence electrons. The molecule has 2 aliphatic rings. The number of carbonyl (C=O) groups is 2. The number of aryl methyl sites for hydroxylation is 2. The van der Waals surface area contributed by atoms with Crippen molar-refractivity contribution in [2.75, 3.05) is 89.5 Å². The number of thiophene rings is 2. The second-order valence-corrected chi connectivity index (χ2v) is 19.6. The van der Waals surface area contributed by atoms with Crippen LogP contribution in [0.2, 0.25) is 0 Å². The first-order chi connectivity index (χ1) is 32.5. The average Bonchev–Trinajstić information content (AvgIpc) is 4.14. The molecule has 0 aromatic carbocycles. The van der Waals surface area contributed by atoms with Gasteiger partial charge >= 0.3 is 0 Å². The van der Waals surface area contributed by atoms with E-state index in [9.17, 15) is 9.59 Å². The fraction of sp³-hybridized carbons (Fsp3) is 0.404. The first kappa shape index (κ1) is 45.7. The smallest absolute Gasteiger partial charge is 0.230 e. The zero-order chi connectivity index (χ0) is 46.9. The zero-order valence-corrected chi connectivity index (χ0v) is 40.5. The summed E-state index contributed by atoms with van der Waals surface area (Å²) >= 11 is 3.35. The molecule has 5 N–H and O–H groups in total. The van der Waals surface area contributed by atoms with Gasteiger partial charge in [-0.25, -0.2) is 24.0 Å². The van der Waals surface area contributed by atoms with Crippen molar-refractivity contribution in [3.8, 4) is 0 Å². The molecule has 18 nitrogen and oxygen atoms in total. The Balaban J connectivity index is 0.000000276. The van der Waals surface area contributed by atoms with Crippen molar-refractivity contribution in [1.82, 2.24) is 49.4 Å². The summed E-state index contributed by atoms with van der Waals surface area (Å²) < 4.78 is 8.97. The van der Waals surface area contributed by atoms with Crippen molar-refractivity contribution in [3.05, 3.63) is 82.5 Å². The number of nitrogens with one attached hydrogen (secondary N) is 3. The Morgan fingerprint density at radius 2 is 1.58 bits per heavy atom. The summed E-state index contributed by atoms with van der Waals surface area (Å²) in [5.41, 5.74) is 14.3. The van der Waals surface area contributed by atoms with Gasteiger partial charge in [-0.1, -0.05) is 0 Å². The largest absolute Gasteiger partial charge is 0.383 e. The number of ether oxygens (including phenoxy) is 1. The topological polar surface area (TPSA) is 201 Å². The lowest BCUT2D eigenvalue weighted by Crippen LogP contribution is -2.39. The highest BCUT2D eigenvalue weighted by Crippen LogP contribution is 2.49. The molecule has 20 heteroatoms. The summed E-state index contributed by atoms with van der Waals surface area (Å²) in [5, 5.41) is 21.0. The van der Waals surface area contributed by atoms with Crippen LogP contribution >= 0.6 is 22.7 Å². The van der Waals surface area contributed by atoms with Gasteiger partial charge in [0.2, 0.25) is 17.8 Å². The fourth-order valence-corrected chi connectivity index (χ4v) is 12.1. The number of nitrogens with zero attached hydrogens (tertiary/aromatic N) is 11. The third kappa shape index (κ3) is 9.05. The molecule has 2 aliphatic carbocycles. The number of nitrogens with two attached hydrogens (primary N) is 1. The number of fused-ring (bicyclic) bond motifs is 8. The van der Waals surface area contributed by atoms with Gasteiger partial charge < -0.3 is 41.1 Å². The van der Waals surface area contributed by atoms with Gasteiger partial charge in [0.25, 0.3) is 0 Å². The molecule has 0 aliphatic heterocycles. The molecule has 3 unspecified atom stereocenters. The van der Waals surface area contributed by atoms with Gasteiger partial charge in [0.05, 0.1) is 58.2 Å². The number of likely N-dealkylation sites (N-methyl/N-ethyl adjacent to an activating group) is 1. The normalized spacial score (nSPS) is 16.6. The maximum atomic E-state index is 13.8. The van der Waals surface area contributed by atoms with Crippen LogP contribution in [-0.2, 0) is 33.6 Å². The second-order valence-electron chi connectivity index (χ2n) is 17.5. The molecule has 8 aromatic rings. The van der Waals surface area contributed by atoms with Crippen LogP contribution in [0, 0.1) is 11.8 Å². The third-order valence-corrected chi connectivity index (χ3v) is 15.3. The summed E-state index contributed by atoms with van der Waals surface area (Å²) in [5.74, 6) is 1.38. The Morgan fingerprint density at radius 1 is 0.896 bits per heavy atom. The molecule has 3 atom stereocenters. The zero-order valence-electron chi connectivity index (χ0n) is 38.9. The van der Waals surface area contributed by atoms with E-state index in [1.807, 2.05) is 86.0 Å². The molecule has 10 rings (SSSR count). The summed E-state index contributed by atoms with van der Waals surface area (Å²) in [6.45, 7) is 1.52. The maximum Gasteiger partial charge on any atom is 0.230 e. The van der Waals surface area contributed by atoms with E-state index in [2.05, 4.69) is 47.1 Å². The van der Waals surface area contributed by atoms with Crippen LogP contribution in [0.4, 0.5) is 34.5 Å². The lowest BCUT2D eigenvalue weighted by atomic mass is 9.76. The Bertz CT molecular complexity index is 3080. The van der Waals surface area contributed by atoms with Crippen molar-refractivity contribution >= 4 is 100 Å². The molecule has 0 spiro atoms. The highest BCUT2D eigenvalue weighted by atomic mass is 32.1. The molecule has 2 amide bonds. The molecule has 0 radical (unpaired) electrons. The van der Waals surface area contributed by atoms with Crippen molar-refractivity contribution in [3.63, 3.8) is 0 Å². The summed E-state index contributed by atoms with van der Waals surface area (Å²) in [7, 11) is 13.2. The van der Waals surface area contributed by atoms with Crippen molar-refractivity contribution < 1.29 is 14.3 Å². The van der Waals surface area contributed by atoms with E-state index in [-0.39, 0.29) is 29.6 Å². The highest BCUT2D eigenvalue weighted by molar-refractivity contribution is 7.19. The van der Waals surface area contributed by atoms with E-state index >= 15 is 0 Å². The van der Waals surface area contributed by atoms with Gasteiger partial charge in [0, 0.05) is 107 Å². The Hall–Kier alpha value is -6.48. The molecule has 67 heavy (non-hydrogen) atoms. The number of hydrogen-bond donors (Lipinski definition) is 4. The van der Waals surface area contributed by atoms with E-state index < -0.39 is 0 Å². The third-order valence-electron chi connectivity index (χ3n) is 12.9. The number of hydrogen-bond acceptors (Lipinski definition) is 16. The predicted octanol–water partition coefficient (Wildman–Crippen LogP) is 6.25. The number of pyridine rings is 2. The van der Waals surface area contributed by atoms with E-state index in [0.717, 1.165) is 80.9 Å². The van der Waals surface area contributed by atoms with Gasteiger partial charge in [-0.2, -0.15) is 15.2 Å². The van der Waals surface area contributed by atoms with Crippen LogP contribution in [0.1, 0.15) is 46.1 Å². The molecule has 8 heterocycles. The van der Waals surface area contributed by atoms with Crippen LogP contribution in [0.15, 0.2) is 61.6 Å². The van der Waals surface area contributed by atoms with Crippen molar-refractivity contribution in [1.29, 1.82) is 0 Å². The number of aromatic nitrogens is 8. The van der Waals surface area contributed by atoms with Gasteiger partial charge in [-0.15, -0.1) is 22.7 Å². The first-order valence-corrected chi connectivity index (χ1v) is 24.1. The van der Waals surface area contributed by atoms with Gasteiger partial charge in [0.15, 0.2) is 0 Å². The molecular formula is C47H57N15O3S2. The highest BCUT2D eigenvalue weighted by Gasteiger charge is 2.39. The molecule has 0 saturated carbocycles. The standard InChI is InChI=1S/C35H44N12O2S.C12H13N3OS/c1-43(2)28-19-46-21(10-13-37-46)17-26(28)39-32-30-25-8-7-24(34(48)45(5)15-16-49-6)23(9-12-36)31(25)50-33(30)42-35(41-32)40-27-18-22-11-14-38-47(22)20-29(27)44(3)4;1-13-11(16)7-2-3-8-9-5-14-6-15-12(9)17-10(8)4-7/h10-11,13-14,17-20,23-24H,7-9,12,15-16,36H2,1-6H3,(H2,39,40,41,42);5-7H,2-4H2,1H3,(H,13,16). The Labute approximate surface area is 396 Å². The SMILES string of the molecule is CNC(=O)C1CCc2c(sc3ncncc23)C1.COCCN(C)C(=O)C1CCc2c(sc3nc(Nc4cc5ccnn5cc4N(C)C)nc(Nc4cc5ccnn5cc4N(C)C)c23)C1CCN. The summed E-state index contributed by atoms with van der Waals surface area (Å²) in [6, 6.07) is 8.08. The number of methoxy groups -OCH3 is 1. The molecule has 0 bridgehead atoms. The van der Waals surface area contributed by atoms with Crippen molar-refractivity contribution in [2.24, 2.45) is 17.6 Å². The number of amides is 2. The number of anilines is 6. The molecule has 0 fully saturated rings. The van der Waals surface area contributed by atoms with Crippen LogP contribution in [0.3, 0.4) is 0 Å². The van der Waals surface area contributed by atoms with E-state index in [1.165, 1.54) is 26.3 Å². The average molecular weight is 944 g/mol. The Kier molecular flexibility index (Phi) is 13.2. The quantitative estimate of drug-likeness (QED) is 0.101. The summed E-state index contributed by atoms with van der Waals surface area (Å²) in [6.07, 6.45) is 15.9. The minimum absolute atomic E-state index is 0.0187. The van der Waals surface area contributed by atoms with E-state index in [1.54, 1.807) is 60.5 Å². The second kappa shape index (κ2) is 19.4. The van der Waals surface area contributed by atoms with Gasteiger partial charge in [-0.05, 0) is 80.5 Å². The lowest BCUT2D eigenvalue weighted by Gasteiger charge is -2.33. The fourth-order valence-electron chi connectivity index (χ4n) is 9.40. The van der Waals surface area contributed by atoms with Crippen LogP contribution < -0.4 is 31.5 Å². The molecule has 0 saturated heterocycles. The molecule has 8 aromatic heterocycles. The van der Waals surface area contributed by atoms with Gasteiger partial charge in [-0.3, -0.25) is 9.59 Å². The van der Waals surface area contributed by atoms with E-state index in [0.29, 0.717) is 37.9 Å². The number of carbonyl (C=O) groups excluding carboxylic acids is 2. The predicted molar refractivity (Wildman–Crippen MR) is 268 cm³/mol. The van der Waals surface area contributed by atoms with Crippen LogP contribution in [0.5, 0.6) is 0 Å². The monoisotopic (exact) mass is 943 g/mol. The maximum absolute atomic E-state index is 13.8. The minimum Gasteiger partial charge on any atom is -0.383 e. The number of rotatable bonds is 13. The van der Waals surface area contributed by atoms with Crippen molar-refractivity contribution in [2.45, 2.75) is 44.4 Å². The van der Waals surface area contributed by atoms with Gasteiger partial charge in [0.1, 0.15) is 21.8 Å². The molecular weight excluding hydrogens is 887 g/mol. The van der Waals surface area contributed by atoms with Crippen LogP contribution in [0.25, 0.3) is 31.5 Å². The lowest BCUT2D eigenvalue weighted by molar-refractivity contribution is -0.136.